The molecule has 0 amide bonds. The van der Waals surface area contributed by atoms with Crippen molar-refractivity contribution in [2.75, 3.05) is 33.4 Å². The fourth-order valence-corrected chi connectivity index (χ4v) is 2.75. The lowest BCUT2D eigenvalue weighted by Crippen LogP contribution is -2.39. The number of rotatable bonds is 6. The van der Waals surface area contributed by atoms with Crippen LogP contribution in [0.1, 0.15) is 19.3 Å². The third-order valence-electron chi connectivity index (χ3n) is 3.74. The average Bonchev–Trinajstić information content (AvgIpc) is 2.53. The first kappa shape index (κ1) is 16.1. The molecule has 1 heterocycles. The number of hydrogen-bond donors (Lipinski definition) is 0. The lowest BCUT2D eigenvalue weighted by molar-refractivity contribution is -0.147. The second kappa shape index (κ2) is 8.25. The third kappa shape index (κ3) is 5.21. The minimum atomic E-state index is -0.0860. The Morgan fingerprint density at radius 1 is 1.38 bits per heavy atom. The Morgan fingerprint density at radius 2 is 2.14 bits per heavy atom. The van der Waals surface area contributed by atoms with Gasteiger partial charge in [-0.3, -0.25) is 4.79 Å². The molecule has 1 aliphatic heterocycles. The Balaban J connectivity index is 1.66. The summed E-state index contributed by atoms with van der Waals surface area (Å²) >= 11 is 5.83. The lowest BCUT2D eigenvalue weighted by Gasteiger charge is -2.31. The van der Waals surface area contributed by atoms with E-state index in [2.05, 4.69) is 4.90 Å². The molecule has 2 rings (SSSR count). The molecule has 0 aliphatic carbocycles. The molecule has 1 saturated heterocycles. The van der Waals surface area contributed by atoms with Crippen molar-refractivity contribution in [1.29, 1.82) is 0 Å². The van der Waals surface area contributed by atoms with Crippen LogP contribution in [-0.2, 0) is 9.53 Å². The molecule has 5 heteroatoms. The van der Waals surface area contributed by atoms with E-state index in [1.165, 1.54) is 7.11 Å². The van der Waals surface area contributed by atoms with Crippen LogP contribution in [0.4, 0.5) is 0 Å². The highest BCUT2D eigenvalue weighted by Crippen LogP contribution is 2.18. The summed E-state index contributed by atoms with van der Waals surface area (Å²) in [6.07, 6.45) is 2.93. The molecule has 0 saturated carbocycles. The number of hydrogen-bond acceptors (Lipinski definition) is 4. The molecule has 1 unspecified atom stereocenters. The van der Waals surface area contributed by atoms with Gasteiger partial charge in [-0.1, -0.05) is 11.6 Å². The van der Waals surface area contributed by atoms with Gasteiger partial charge in [0, 0.05) is 18.1 Å². The maximum absolute atomic E-state index is 11.6. The quantitative estimate of drug-likeness (QED) is 0.598. The van der Waals surface area contributed by atoms with E-state index in [-0.39, 0.29) is 11.9 Å². The second-order valence-electron chi connectivity index (χ2n) is 5.32. The smallest absolute Gasteiger partial charge is 0.309 e. The van der Waals surface area contributed by atoms with Crippen LogP contribution in [-0.4, -0.2) is 44.2 Å². The van der Waals surface area contributed by atoms with Crippen LogP contribution in [0.25, 0.3) is 0 Å². The van der Waals surface area contributed by atoms with E-state index >= 15 is 0 Å². The number of methoxy groups -OCH3 is 1. The van der Waals surface area contributed by atoms with Crippen LogP contribution in [0, 0.1) is 5.92 Å². The minimum absolute atomic E-state index is 0.0286. The molecule has 0 radical (unpaired) electrons. The number of halogens is 1. The van der Waals surface area contributed by atoms with E-state index in [1.807, 2.05) is 24.3 Å². The predicted octanol–water partition coefficient (Wildman–Crippen LogP) is 2.99. The second-order valence-corrected chi connectivity index (χ2v) is 5.76. The highest BCUT2D eigenvalue weighted by molar-refractivity contribution is 6.30. The molecule has 1 atom stereocenters. The number of ether oxygens (including phenoxy) is 2. The van der Waals surface area contributed by atoms with Crippen LogP contribution in [0.5, 0.6) is 5.75 Å². The summed E-state index contributed by atoms with van der Waals surface area (Å²) in [5, 5.41) is 0.713. The van der Waals surface area contributed by atoms with Crippen molar-refractivity contribution in [3.63, 3.8) is 0 Å². The topological polar surface area (TPSA) is 38.8 Å². The molecule has 1 aromatic carbocycles. The summed E-state index contributed by atoms with van der Waals surface area (Å²) in [7, 11) is 1.46. The molecular weight excluding hydrogens is 290 g/mol. The van der Waals surface area contributed by atoms with E-state index in [4.69, 9.17) is 21.1 Å². The van der Waals surface area contributed by atoms with Crippen LogP contribution in [0.3, 0.4) is 0 Å². The first-order valence-electron chi connectivity index (χ1n) is 7.37. The molecule has 0 N–H and O–H groups in total. The van der Waals surface area contributed by atoms with Crippen molar-refractivity contribution in [3.8, 4) is 5.75 Å². The van der Waals surface area contributed by atoms with E-state index in [9.17, 15) is 4.79 Å². The summed E-state index contributed by atoms with van der Waals surface area (Å²) in [6, 6.07) is 7.39. The van der Waals surface area contributed by atoms with Gasteiger partial charge in [-0.2, -0.15) is 0 Å². The number of esters is 1. The number of carbonyl (C=O) groups excluding carboxylic acids is 1. The fraction of sp³-hybridized carbons (Fsp3) is 0.562. The van der Waals surface area contributed by atoms with E-state index < -0.39 is 0 Å². The predicted molar refractivity (Wildman–Crippen MR) is 82.7 cm³/mol. The standard InChI is InChI=1S/C16H22ClNO3/c1-20-16(19)13-4-2-9-18(12-13)10-3-11-21-15-7-5-14(17)6-8-15/h5-8,13H,2-4,9-12H2,1H3. The summed E-state index contributed by atoms with van der Waals surface area (Å²) in [6.45, 7) is 3.46. The zero-order valence-corrected chi connectivity index (χ0v) is 13.1. The van der Waals surface area contributed by atoms with Crippen LogP contribution in [0.2, 0.25) is 5.02 Å². The maximum Gasteiger partial charge on any atom is 0.309 e. The van der Waals surface area contributed by atoms with Crippen molar-refractivity contribution in [1.82, 2.24) is 4.90 Å². The zero-order valence-electron chi connectivity index (χ0n) is 12.4. The summed E-state index contributed by atoms with van der Waals surface area (Å²) in [4.78, 5) is 13.9. The molecular formula is C16H22ClNO3. The van der Waals surface area contributed by atoms with Gasteiger partial charge < -0.3 is 14.4 Å². The highest BCUT2D eigenvalue weighted by Gasteiger charge is 2.25. The van der Waals surface area contributed by atoms with Gasteiger partial charge in [0.25, 0.3) is 0 Å². The first-order valence-corrected chi connectivity index (χ1v) is 7.75. The average molecular weight is 312 g/mol. The molecule has 1 aromatic rings. The maximum atomic E-state index is 11.6. The van der Waals surface area contributed by atoms with Crippen LogP contribution in [0.15, 0.2) is 24.3 Å². The van der Waals surface area contributed by atoms with Gasteiger partial charge >= 0.3 is 5.97 Å². The number of carbonyl (C=O) groups is 1. The number of benzene rings is 1. The first-order chi connectivity index (χ1) is 10.2. The fourth-order valence-electron chi connectivity index (χ4n) is 2.63. The molecule has 1 aliphatic rings. The number of piperidine rings is 1. The molecule has 0 bridgehead atoms. The Morgan fingerprint density at radius 3 is 2.86 bits per heavy atom. The zero-order chi connectivity index (χ0) is 15.1. The van der Waals surface area contributed by atoms with Crippen molar-refractivity contribution in [3.05, 3.63) is 29.3 Å². The van der Waals surface area contributed by atoms with Gasteiger partial charge in [0.2, 0.25) is 0 Å². The third-order valence-corrected chi connectivity index (χ3v) is 3.99. The summed E-state index contributed by atoms with van der Waals surface area (Å²) < 4.78 is 10.5. The Labute approximate surface area is 131 Å². The highest BCUT2D eigenvalue weighted by atomic mass is 35.5. The molecule has 21 heavy (non-hydrogen) atoms. The van der Waals surface area contributed by atoms with Crippen molar-refractivity contribution < 1.29 is 14.3 Å². The molecule has 4 nitrogen and oxygen atoms in total. The summed E-state index contributed by atoms with van der Waals surface area (Å²) in [5.41, 5.74) is 0. The monoisotopic (exact) mass is 311 g/mol. The minimum Gasteiger partial charge on any atom is -0.494 e. The van der Waals surface area contributed by atoms with Crippen molar-refractivity contribution >= 4 is 17.6 Å². The lowest BCUT2D eigenvalue weighted by atomic mass is 9.98. The van der Waals surface area contributed by atoms with Crippen LogP contribution >= 0.6 is 11.6 Å². The Kier molecular flexibility index (Phi) is 6.33. The normalized spacial score (nSPS) is 19.2. The molecule has 1 fully saturated rings. The molecule has 0 aromatic heterocycles. The van der Waals surface area contributed by atoms with Gasteiger partial charge in [-0.15, -0.1) is 0 Å². The Bertz CT molecular complexity index is 449. The Hall–Kier alpha value is -1.26. The molecule has 116 valence electrons. The van der Waals surface area contributed by atoms with Gasteiger partial charge in [0.15, 0.2) is 0 Å². The van der Waals surface area contributed by atoms with Gasteiger partial charge in [0.1, 0.15) is 5.75 Å². The number of likely N-dealkylation sites (tertiary alicyclic amines) is 1. The van der Waals surface area contributed by atoms with E-state index in [0.717, 1.165) is 44.6 Å². The van der Waals surface area contributed by atoms with E-state index in [0.29, 0.717) is 11.6 Å². The summed E-state index contributed by atoms with van der Waals surface area (Å²) in [5.74, 6) is 0.781. The van der Waals surface area contributed by atoms with Crippen molar-refractivity contribution in [2.24, 2.45) is 5.92 Å². The van der Waals surface area contributed by atoms with Crippen LogP contribution < -0.4 is 4.74 Å². The van der Waals surface area contributed by atoms with Gasteiger partial charge in [0.05, 0.1) is 19.6 Å². The number of nitrogens with zero attached hydrogens (tertiary/aromatic N) is 1. The SMILES string of the molecule is COC(=O)C1CCCN(CCCOc2ccc(Cl)cc2)C1. The van der Waals surface area contributed by atoms with Gasteiger partial charge in [-0.25, -0.2) is 0 Å². The molecule has 0 spiro atoms. The van der Waals surface area contributed by atoms with E-state index in [1.54, 1.807) is 0 Å². The van der Waals surface area contributed by atoms with Gasteiger partial charge in [-0.05, 0) is 50.1 Å². The van der Waals surface area contributed by atoms with Crippen molar-refractivity contribution in [2.45, 2.75) is 19.3 Å². The largest absolute Gasteiger partial charge is 0.494 e.